The van der Waals surface area contributed by atoms with Crippen LogP contribution in [0.1, 0.15) is 30.3 Å². The van der Waals surface area contributed by atoms with Crippen molar-refractivity contribution in [1.82, 2.24) is 15.1 Å². The molecule has 0 N–H and O–H groups in total. The Balaban J connectivity index is 2.12. The van der Waals surface area contributed by atoms with Gasteiger partial charge in [0.15, 0.2) is 0 Å². The lowest BCUT2D eigenvalue weighted by Crippen LogP contribution is -2.22. The van der Waals surface area contributed by atoms with Crippen molar-refractivity contribution in [2.75, 3.05) is 7.05 Å². The summed E-state index contributed by atoms with van der Waals surface area (Å²) in [6, 6.07) is 5.64. The van der Waals surface area contributed by atoms with E-state index in [0.29, 0.717) is 28.4 Å². The van der Waals surface area contributed by atoms with Crippen LogP contribution in [0.25, 0.3) is 0 Å². The Hall–Kier alpha value is -1.10. The Labute approximate surface area is 122 Å². The summed E-state index contributed by atoms with van der Waals surface area (Å²) in [5.74, 6) is 1.16. The predicted octanol–water partition coefficient (Wildman–Crippen LogP) is 3.88. The second-order valence-electron chi connectivity index (χ2n) is 4.47. The molecular formula is C13H15Cl2N3O. The molecular weight excluding hydrogens is 285 g/mol. The van der Waals surface area contributed by atoms with E-state index in [9.17, 15) is 0 Å². The number of nitrogens with zero attached hydrogens (tertiary/aromatic N) is 3. The van der Waals surface area contributed by atoms with E-state index in [2.05, 4.69) is 22.0 Å². The van der Waals surface area contributed by atoms with Gasteiger partial charge in [0.25, 0.3) is 0 Å². The van der Waals surface area contributed by atoms with Crippen molar-refractivity contribution in [2.45, 2.75) is 26.4 Å². The van der Waals surface area contributed by atoms with Crippen LogP contribution < -0.4 is 0 Å². The van der Waals surface area contributed by atoms with Crippen molar-refractivity contribution in [3.05, 3.63) is 45.6 Å². The molecule has 0 saturated carbocycles. The van der Waals surface area contributed by atoms with Crippen LogP contribution in [-0.2, 0) is 6.54 Å². The first-order valence-corrected chi connectivity index (χ1v) is 6.67. The lowest BCUT2D eigenvalue weighted by molar-refractivity contribution is 0.226. The summed E-state index contributed by atoms with van der Waals surface area (Å²) < 4.78 is 5.37. The molecule has 0 fully saturated rings. The van der Waals surface area contributed by atoms with E-state index >= 15 is 0 Å². The highest BCUT2D eigenvalue weighted by Crippen LogP contribution is 2.29. The van der Waals surface area contributed by atoms with E-state index in [0.717, 1.165) is 5.56 Å². The summed E-state index contributed by atoms with van der Waals surface area (Å²) in [7, 11) is 1.98. The van der Waals surface area contributed by atoms with Crippen LogP contribution in [0.2, 0.25) is 10.0 Å². The monoisotopic (exact) mass is 299 g/mol. The maximum atomic E-state index is 6.21. The van der Waals surface area contributed by atoms with Crippen LogP contribution in [-0.4, -0.2) is 22.1 Å². The fourth-order valence-electron chi connectivity index (χ4n) is 1.83. The lowest BCUT2D eigenvalue weighted by Gasteiger charge is -2.24. The van der Waals surface area contributed by atoms with Gasteiger partial charge in [-0.25, -0.2) is 0 Å². The van der Waals surface area contributed by atoms with E-state index in [1.54, 1.807) is 13.0 Å². The highest BCUT2D eigenvalue weighted by atomic mass is 35.5. The minimum Gasteiger partial charge on any atom is -0.424 e. The third-order valence-electron chi connectivity index (χ3n) is 3.03. The van der Waals surface area contributed by atoms with Crippen LogP contribution in [0.15, 0.2) is 22.6 Å². The van der Waals surface area contributed by atoms with E-state index in [4.69, 9.17) is 27.6 Å². The summed E-state index contributed by atoms with van der Waals surface area (Å²) in [5.41, 5.74) is 1.02. The van der Waals surface area contributed by atoms with Crippen LogP contribution in [0.5, 0.6) is 0 Å². The van der Waals surface area contributed by atoms with E-state index in [1.807, 2.05) is 19.2 Å². The van der Waals surface area contributed by atoms with Gasteiger partial charge in [-0.2, -0.15) is 0 Å². The van der Waals surface area contributed by atoms with Gasteiger partial charge in [0, 0.05) is 23.0 Å². The molecule has 0 amide bonds. The lowest BCUT2D eigenvalue weighted by atomic mass is 10.1. The molecule has 0 saturated heterocycles. The van der Waals surface area contributed by atoms with Gasteiger partial charge in [-0.3, -0.25) is 4.90 Å². The first-order chi connectivity index (χ1) is 8.97. The molecule has 19 heavy (non-hydrogen) atoms. The number of benzene rings is 1. The molecule has 0 bridgehead atoms. The molecule has 2 rings (SSSR count). The summed E-state index contributed by atoms with van der Waals surface area (Å²) in [6.45, 7) is 4.41. The van der Waals surface area contributed by atoms with Gasteiger partial charge in [-0.15, -0.1) is 10.2 Å². The highest BCUT2D eigenvalue weighted by molar-refractivity contribution is 6.35. The molecule has 0 radical (unpaired) electrons. The Morgan fingerprint density at radius 1 is 1.32 bits per heavy atom. The molecule has 1 atom stereocenters. The number of hydrogen-bond acceptors (Lipinski definition) is 4. The first kappa shape index (κ1) is 14.3. The van der Waals surface area contributed by atoms with Gasteiger partial charge >= 0.3 is 0 Å². The van der Waals surface area contributed by atoms with Gasteiger partial charge in [-0.1, -0.05) is 29.3 Å². The van der Waals surface area contributed by atoms with E-state index < -0.39 is 0 Å². The Morgan fingerprint density at radius 2 is 2.05 bits per heavy atom. The van der Waals surface area contributed by atoms with Gasteiger partial charge in [-0.05, 0) is 31.7 Å². The average Bonchev–Trinajstić information content (AvgIpc) is 2.74. The topological polar surface area (TPSA) is 42.2 Å². The predicted molar refractivity (Wildman–Crippen MR) is 75.4 cm³/mol. The van der Waals surface area contributed by atoms with Gasteiger partial charge < -0.3 is 4.42 Å². The Kier molecular flexibility index (Phi) is 4.45. The quantitative estimate of drug-likeness (QED) is 0.859. The van der Waals surface area contributed by atoms with Crippen molar-refractivity contribution < 1.29 is 4.42 Å². The minimum atomic E-state index is 0.122. The normalized spacial score (nSPS) is 12.9. The molecule has 6 heteroatoms. The van der Waals surface area contributed by atoms with Crippen LogP contribution in [0.4, 0.5) is 0 Å². The molecule has 1 heterocycles. The van der Waals surface area contributed by atoms with E-state index in [1.165, 1.54) is 0 Å². The van der Waals surface area contributed by atoms with Crippen LogP contribution in [0, 0.1) is 6.92 Å². The molecule has 0 aliphatic carbocycles. The van der Waals surface area contributed by atoms with Crippen molar-refractivity contribution in [1.29, 1.82) is 0 Å². The molecule has 0 spiro atoms. The SMILES string of the molecule is Cc1nnc(CN(C)[C@@H](C)c2ccc(Cl)cc2Cl)o1. The zero-order valence-electron chi connectivity index (χ0n) is 11.0. The second kappa shape index (κ2) is 5.90. The molecule has 102 valence electrons. The maximum Gasteiger partial charge on any atom is 0.230 e. The molecule has 1 aromatic heterocycles. The molecule has 0 unspecified atom stereocenters. The summed E-state index contributed by atoms with van der Waals surface area (Å²) in [6.07, 6.45) is 0. The van der Waals surface area contributed by atoms with Crippen molar-refractivity contribution >= 4 is 23.2 Å². The smallest absolute Gasteiger partial charge is 0.230 e. The zero-order valence-corrected chi connectivity index (χ0v) is 12.5. The first-order valence-electron chi connectivity index (χ1n) is 5.91. The summed E-state index contributed by atoms with van der Waals surface area (Å²) in [5, 5.41) is 9.10. The molecule has 4 nitrogen and oxygen atoms in total. The largest absolute Gasteiger partial charge is 0.424 e. The van der Waals surface area contributed by atoms with Crippen molar-refractivity contribution in [3.8, 4) is 0 Å². The molecule has 0 aliphatic rings. The minimum absolute atomic E-state index is 0.122. The van der Waals surface area contributed by atoms with Gasteiger partial charge in [0.2, 0.25) is 11.8 Å². The standard InChI is InChI=1S/C13H15Cl2N3O/c1-8(11-5-4-10(14)6-12(11)15)18(3)7-13-17-16-9(2)19-13/h4-6,8H,7H2,1-3H3/t8-/m0/s1. The van der Waals surface area contributed by atoms with E-state index in [-0.39, 0.29) is 6.04 Å². The van der Waals surface area contributed by atoms with Crippen molar-refractivity contribution in [3.63, 3.8) is 0 Å². The highest BCUT2D eigenvalue weighted by Gasteiger charge is 2.17. The molecule has 0 aliphatic heterocycles. The van der Waals surface area contributed by atoms with Crippen LogP contribution >= 0.6 is 23.2 Å². The van der Waals surface area contributed by atoms with Gasteiger partial charge in [0.05, 0.1) is 6.54 Å². The summed E-state index contributed by atoms with van der Waals surface area (Å²) in [4.78, 5) is 2.09. The fourth-order valence-corrected chi connectivity index (χ4v) is 2.40. The summed E-state index contributed by atoms with van der Waals surface area (Å²) >= 11 is 12.1. The third-order valence-corrected chi connectivity index (χ3v) is 3.59. The van der Waals surface area contributed by atoms with Gasteiger partial charge in [0.1, 0.15) is 0 Å². The molecule has 1 aromatic carbocycles. The number of halogens is 2. The zero-order chi connectivity index (χ0) is 14.0. The third kappa shape index (κ3) is 3.47. The average molecular weight is 300 g/mol. The fraction of sp³-hybridized carbons (Fsp3) is 0.385. The Bertz CT molecular complexity index is 571. The number of rotatable bonds is 4. The number of hydrogen-bond donors (Lipinski definition) is 0. The Morgan fingerprint density at radius 3 is 2.63 bits per heavy atom. The molecule has 2 aromatic rings. The van der Waals surface area contributed by atoms with Crippen molar-refractivity contribution in [2.24, 2.45) is 0 Å². The van der Waals surface area contributed by atoms with Crippen LogP contribution in [0.3, 0.4) is 0 Å². The number of aromatic nitrogens is 2. The maximum absolute atomic E-state index is 6.21. The number of aryl methyl sites for hydroxylation is 1. The second-order valence-corrected chi connectivity index (χ2v) is 5.32.